The van der Waals surface area contributed by atoms with Crippen LogP contribution in [0, 0.1) is 5.92 Å². The van der Waals surface area contributed by atoms with Crippen molar-refractivity contribution in [2.24, 2.45) is 5.92 Å². The Kier molecular flexibility index (Phi) is 5.76. The first-order valence-electron chi connectivity index (χ1n) is 10.0. The Bertz CT molecular complexity index is 1050. The minimum Gasteiger partial charge on any atom is -0.467 e. The van der Waals surface area contributed by atoms with E-state index in [1.54, 1.807) is 23.0 Å². The van der Waals surface area contributed by atoms with E-state index in [9.17, 15) is 9.59 Å². The van der Waals surface area contributed by atoms with E-state index in [1.165, 1.54) is 11.8 Å². The van der Waals surface area contributed by atoms with E-state index in [-0.39, 0.29) is 23.3 Å². The molecule has 2 aromatic heterocycles. The number of rotatable bonds is 5. The number of amides is 1. The first-order valence-corrected chi connectivity index (χ1v) is 10.9. The zero-order valence-electron chi connectivity index (χ0n) is 16.7. The number of piperidine rings is 1. The normalized spacial score (nSPS) is 16.3. The minimum atomic E-state index is -0.320. The largest absolute Gasteiger partial charge is 0.467 e. The SMILES string of the molecule is CC1CCN(C(=O)C(C)Sc2nc3ccccc3c(=O)n2Cc2ccco2)CC1. The number of carbonyl (C=O) groups excluding carboxylic acids is 1. The Morgan fingerprint density at radius 3 is 2.72 bits per heavy atom. The summed E-state index contributed by atoms with van der Waals surface area (Å²) in [7, 11) is 0. The van der Waals surface area contributed by atoms with Gasteiger partial charge in [0, 0.05) is 13.1 Å². The fraction of sp³-hybridized carbons (Fsp3) is 0.409. The van der Waals surface area contributed by atoms with Gasteiger partial charge >= 0.3 is 0 Å². The highest BCUT2D eigenvalue weighted by atomic mass is 32.2. The molecule has 0 bridgehead atoms. The average molecular weight is 412 g/mol. The van der Waals surface area contributed by atoms with Crippen LogP contribution in [-0.4, -0.2) is 38.7 Å². The topological polar surface area (TPSA) is 68.3 Å². The molecule has 1 aliphatic heterocycles. The molecule has 29 heavy (non-hydrogen) atoms. The summed E-state index contributed by atoms with van der Waals surface area (Å²) in [6.07, 6.45) is 3.67. The molecule has 3 heterocycles. The Morgan fingerprint density at radius 1 is 1.24 bits per heavy atom. The third kappa shape index (κ3) is 4.24. The van der Waals surface area contributed by atoms with Crippen LogP contribution in [-0.2, 0) is 11.3 Å². The van der Waals surface area contributed by atoms with Gasteiger partial charge in [-0.2, -0.15) is 0 Å². The van der Waals surface area contributed by atoms with E-state index in [1.807, 2.05) is 36.1 Å². The van der Waals surface area contributed by atoms with Crippen molar-refractivity contribution in [3.63, 3.8) is 0 Å². The molecule has 1 amide bonds. The predicted octanol–water partition coefficient (Wildman–Crippen LogP) is 3.78. The highest BCUT2D eigenvalue weighted by Crippen LogP contribution is 2.26. The van der Waals surface area contributed by atoms with Crippen molar-refractivity contribution < 1.29 is 9.21 Å². The minimum absolute atomic E-state index is 0.105. The number of aromatic nitrogens is 2. The summed E-state index contributed by atoms with van der Waals surface area (Å²) in [5, 5.41) is 0.781. The lowest BCUT2D eigenvalue weighted by Gasteiger charge is -2.32. The first kappa shape index (κ1) is 19.8. The molecule has 7 heteroatoms. The van der Waals surface area contributed by atoms with Crippen molar-refractivity contribution >= 4 is 28.6 Å². The molecule has 1 saturated heterocycles. The van der Waals surface area contributed by atoms with Gasteiger partial charge in [-0.3, -0.25) is 14.2 Å². The Balaban J connectivity index is 1.64. The number of carbonyl (C=O) groups is 1. The second-order valence-electron chi connectivity index (χ2n) is 7.65. The lowest BCUT2D eigenvalue weighted by atomic mass is 9.99. The first-order chi connectivity index (χ1) is 14.0. The van der Waals surface area contributed by atoms with E-state index >= 15 is 0 Å². The molecule has 1 unspecified atom stereocenters. The number of furan rings is 1. The van der Waals surface area contributed by atoms with Crippen molar-refractivity contribution in [1.82, 2.24) is 14.5 Å². The van der Waals surface area contributed by atoms with Crippen molar-refractivity contribution in [2.75, 3.05) is 13.1 Å². The standard InChI is InChI=1S/C22H25N3O3S/c1-15-9-11-24(12-10-15)20(26)16(2)29-22-23-19-8-4-3-7-18(19)21(27)25(22)14-17-6-5-13-28-17/h3-8,13,15-16H,9-12,14H2,1-2H3. The molecular weight excluding hydrogens is 386 g/mol. The number of fused-ring (bicyclic) bond motifs is 1. The van der Waals surface area contributed by atoms with Crippen molar-refractivity contribution in [3.05, 3.63) is 58.8 Å². The number of thioether (sulfide) groups is 1. The van der Waals surface area contributed by atoms with Crippen LogP contribution in [0.4, 0.5) is 0 Å². The van der Waals surface area contributed by atoms with Gasteiger partial charge < -0.3 is 9.32 Å². The number of likely N-dealkylation sites (tertiary alicyclic amines) is 1. The summed E-state index contributed by atoms with van der Waals surface area (Å²) in [5.41, 5.74) is 0.517. The molecule has 0 aliphatic carbocycles. The third-order valence-electron chi connectivity index (χ3n) is 5.45. The van der Waals surface area contributed by atoms with Crippen LogP contribution in [0.3, 0.4) is 0 Å². The van der Waals surface area contributed by atoms with E-state index in [4.69, 9.17) is 9.40 Å². The number of benzene rings is 1. The number of para-hydroxylation sites is 1. The summed E-state index contributed by atoms with van der Waals surface area (Å²) in [6.45, 7) is 6.01. The van der Waals surface area contributed by atoms with E-state index in [0.29, 0.717) is 27.7 Å². The molecule has 1 aromatic carbocycles. The van der Waals surface area contributed by atoms with Gasteiger partial charge in [-0.25, -0.2) is 4.98 Å². The third-order valence-corrected chi connectivity index (χ3v) is 6.52. The zero-order chi connectivity index (χ0) is 20.4. The molecular formula is C22H25N3O3S. The quantitative estimate of drug-likeness (QED) is 0.472. The van der Waals surface area contributed by atoms with Crippen LogP contribution >= 0.6 is 11.8 Å². The molecule has 0 N–H and O–H groups in total. The fourth-order valence-electron chi connectivity index (χ4n) is 3.63. The molecule has 3 aromatic rings. The maximum absolute atomic E-state index is 13.1. The second kappa shape index (κ2) is 8.45. The van der Waals surface area contributed by atoms with Crippen molar-refractivity contribution in [3.8, 4) is 0 Å². The molecule has 0 saturated carbocycles. The monoisotopic (exact) mass is 411 g/mol. The Labute approximate surface area is 173 Å². The lowest BCUT2D eigenvalue weighted by molar-refractivity contribution is -0.131. The highest BCUT2D eigenvalue weighted by molar-refractivity contribution is 8.00. The van der Waals surface area contributed by atoms with E-state index < -0.39 is 0 Å². The van der Waals surface area contributed by atoms with Gasteiger partial charge in [-0.15, -0.1) is 0 Å². The molecule has 1 atom stereocenters. The van der Waals surface area contributed by atoms with Gasteiger partial charge in [0.05, 0.1) is 29.0 Å². The van der Waals surface area contributed by atoms with Crippen LogP contribution in [0.5, 0.6) is 0 Å². The molecule has 152 valence electrons. The fourth-order valence-corrected chi connectivity index (χ4v) is 4.62. The molecule has 1 aliphatic rings. The van der Waals surface area contributed by atoms with E-state index in [0.717, 1.165) is 25.9 Å². The van der Waals surface area contributed by atoms with E-state index in [2.05, 4.69) is 6.92 Å². The summed E-state index contributed by atoms with van der Waals surface area (Å²) in [6, 6.07) is 10.9. The summed E-state index contributed by atoms with van der Waals surface area (Å²) >= 11 is 1.34. The second-order valence-corrected chi connectivity index (χ2v) is 8.96. The molecule has 0 radical (unpaired) electrons. The van der Waals surface area contributed by atoms with Crippen LogP contribution < -0.4 is 5.56 Å². The predicted molar refractivity (Wildman–Crippen MR) is 114 cm³/mol. The summed E-state index contributed by atoms with van der Waals surface area (Å²) in [4.78, 5) is 32.7. The van der Waals surface area contributed by atoms with Crippen LogP contribution in [0.25, 0.3) is 10.9 Å². The molecule has 1 fully saturated rings. The summed E-state index contributed by atoms with van der Waals surface area (Å²) < 4.78 is 7.05. The maximum Gasteiger partial charge on any atom is 0.262 e. The van der Waals surface area contributed by atoms with Crippen LogP contribution in [0.2, 0.25) is 0 Å². The summed E-state index contributed by atoms with van der Waals surface area (Å²) in [5.74, 6) is 1.45. The average Bonchev–Trinajstić information content (AvgIpc) is 3.24. The van der Waals surface area contributed by atoms with Crippen molar-refractivity contribution in [2.45, 2.75) is 43.6 Å². The molecule has 6 nitrogen and oxygen atoms in total. The zero-order valence-corrected chi connectivity index (χ0v) is 17.5. The van der Waals surface area contributed by atoms with Gasteiger partial charge in [0.25, 0.3) is 5.56 Å². The smallest absolute Gasteiger partial charge is 0.262 e. The Morgan fingerprint density at radius 2 is 2.00 bits per heavy atom. The molecule has 0 spiro atoms. The maximum atomic E-state index is 13.1. The van der Waals surface area contributed by atoms with Gasteiger partial charge in [-0.1, -0.05) is 30.8 Å². The van der Waals surface area contributed by atoms with Crippen LogP contribution in [0.1, 0.15) is 32.4 Å². The van der Waals surface area contributed by atoms with Crippen molar-refractivity contribution in [1.29, 1.82) is 0 Å². The number of hydrogen-bond acceptors (Lipinski definition) is 5. The Hall–Kier alpha value is -2.54. The number of hydrogen-bond donors (Lipinski definition) is 0. The highest BCUT2D eigenvalue weighted by Gasteiger charge is 2.26. The van der Waals surface area contributed by atoms with Gasteiger partial charge in [0.2, 0.25) is 5.91 Å². The van der Waals surface area contributed by atoms with Gasteiger partial charge in [0.1, 0.15) is 5.76 Å². The van der Waals surface area contributed by atoms with Gasteiger partial charge in [-0.05, 0) is 49.9 Å². The lowest BCUT2D eigenvalue weighted by Crippen LogP contribution is -2.42. The van der Waals surface area contributed by atoms with Crippen LogP contribution in [0.15, 0.2) is 57.0 Å². The van der Waals surface area contributed by atoms with Gasteiger partial charge in [0.15, 0.2) is 5.16 Å². The molecule has 4 rings (SSSR count). The number of nitrogens with zero attached hydrogens (tertiary/aromatic N) is 3.